The summed E-state index contributed by atoms with van der Waals surface area (Å²) in [6.45, 7) is 7.84. The normalized spacial score (nSPS) is 16.6. The Kier molecular flexibility index (Phi) is 8.50. The van der Waals surface area contributed by atoms with Gasteiger partial charge in [-0.1, -0.05) is 38.5 Å². The number of halogens is 4. The molecule has 3 aromatic carbocycles. The lowest BCUT2D eigenvalue weighted by Gasteiger charge is -2.33. The highest BCUT2D eigenvalue weighted by Gasteiger charge is 2.31. The second-order valence-corrected chi connectivity index (χ2v) is 10.9. The van der Waals surface area contributed by atoms with Crippen LogP contribution in [0.15, 0.2) is 66.2 Å². The molecule has 7 heteroatoms. The first kappa shape index (κ1) is 28.2. The van der Waals surface area contributed by atoms with Crippen molar-refractivity contribution in [2.75, 3.05) is 32.8 Å². The fourth-order valence-corrected chi connectivity index (χ4v) is 5.40. The molecule has 5 rings (SSSR count). The molecule has 0 saturated carbocycles. The number of hydrogen-bond donors (Lipinski definition) is 0. The number of alkyl halides is 3. The number of hydrogen-bond acceptors (Lipinski definition) is 3. The van der Waals surface area contributed by atoms with Crippen LogP contribution in [0.25, 0.3) is 16.7 Å². The minimum absolute atomic E-state index is 0.351. The molecule has 2 aliphatic rings. The number of unbranched alkanes of at least 4 members (excludes halogenated alkanes) is 1. The molecule has 0 radical (unpaired) electrons. The molecule has 0 atom stereocenters. The van der Waals surface area contributed by atoms with Crippen molar-refractivity contribution in [2.24, 2.45) is 5.92 Å². The molecule has 1 saturated heterocycles. The maximum Gasteiger partial charge on any atom is 0.416 e. The van der Waals surface area contributed by atoms with Crippen LogP contribution in [0.4, 0.5) is 17.6 Å². The molecule has 0 aromatic heterocycles. The van der Waals surface area contributed by atoms with Crippen molar-refractivity contribution in [3.63, 3.8) is 0 Å². The minimum Gasteiger partial charge on any atom is -0.494 e. The Morgan fingerprint density at radius 3 is 2.35 bits per heavy atom. The Balaban J connectivity index is 1.56. The molecule has 0 bridgehead atoms. The summed E-state index contributed by atoms with van der Waals surface area (Å²) < 4.78 is 67.1. The fraction of sp³-hybridized carbons (Fsp3) is 0.394. The van der Waals surface area contributed by atoms with Crippen LogP contribution in [-0.4, -0.2) is 37.7 Å². The van der Waals surface area contributed by atoms with Crippen molar-refractivity contribution in [1.82, 2.24) is 4.90 Å². The minimum atomic E-state index is -4.41. The second-order valence-electron chi connectivity index (χ2n) is 10.9. The summed E-state index contributed by atoms with van der Waals surface area (Å²) in [7, 11) is 0. The molecule has 0 amide bonds. The van der Waals surface area contributed by atoms with Gasteiger partial charge >= 0.3 is 6.18 Å². The van der Waals surface area contributed by atoms with Crippen LogP contribution in [0.2, 0.25) is 0 Å². The van der Waals surface area contributed by atoms with E-state index in [0.29, 0.717) is 53.9 Å². The van der Waals surface area contributed by atoms with Gasteiger partial charge in [0.2, 0.25) is 0 Å². The lowest BCUT2D eigenvalue weighted by molar-refractivity contribution is -0.137. The van der Waals surface area contributed by atoms with E-state index >= 15 is 4.39 Å². The van der Waals surface area contributed by atoms with Gasteiger partial charge in [-0.2, -0.15) is 13.2 Å². The van der Waals surface area contributed by atoms with Crippen molar-refractivity contribution in [3.8, 4) is 22.6 Å². The van der Waals surface area contributed by atoms with Gasteiger partial charge in [0.25, 0.3) is 0 Å². The summed E-state index contributed by atoms with van der Waals surface area (Å²) in [5.41, 5.74) is 3.67. The standard InChI is InChI=1S/C33H35F4NO2/c1-3-4-17-39-27-10-11-30(34)28(19-27)24-7-12-31-29(18-24)32(23-5-8-26(9-6-23)33(35,36)37)25(21-40-31)20-38-15-13-22(2)14-16-38/h5-12,18-19,22H,3-4,13-17,20-21H2,1-2H3. The average molecular weight is 554 g/mol. The van der Waals surface area contributed by atoms with E-state index in [1.165, 1.54) is 18.2 Å². The molecule has 0 unspecified atom stereocenters. The smallest absolute Gasteiger partial charge is 0.416 e. The van der Waals surface area contributed by atoms with Crippen LogP contribution in [0, 0.1) is 11.7 Å². The number of benzene rings is 3. The summed E-state index contributed by atoms with van der Waals surface area (Å²) in [6, 6.07) is 15.6. The van der Waals surface area contributed by atoms with Gasteiger partial charge in [-0.05, 0) is 103 Å². The van der Waals surface area contributed by atoms with Crippen molar-refractivity contribution in [1.29, 1.82) is 0 Å². The van der Waals surface area contributed by atoms with Crippen LogP contribution in [0.1, 0.15) is 56.2 Å². The van der Waals surface area contributed by atoms with Crippen LogP contribution in [0.5, 0.6) is 11.5 Å². The van der Waals surface area contributed by atoms with E-state index < -0.39 is 11.7 Å². The third kappa shape index (κ3) is 6.35. The Labute approximate surface area is 233 Å². The molecule has 0 aliphatic carbocycles. The summed E-state index contributed by atoms with van der Waals surface area (Å²) in [6.07, 6.45) is -0.288. The zero-order valence-corrected chi connectivity index (χ0v) is 23.0. The zero-order chi connectivity index (χ0) is 28.3. The molecule has 3 aromatic rings. The van der Waals surface area contributed by atoms with Crippen molar-refractivity contribution >= 4 is 5.57 Å². The summed E-state index contributed by atoms with van der Waals surface area (Å²) in [4.78, 5) is 2.38. The Bertz CT molecular complexity index is 1360. The Morgan fingerprint density at radius 1 is 0.925 bits per heavy atom. The van der Waals surface area contributed by atoms with E-state index in [2.05, 4.69) is 18.7 Å². The third-order valence-electron chi connectivity index (χ3n) is 7.81. The fourth-order valence-electron chi connectivity index (χ4n) is 5.40. The SMILES string of the molecule is CCCCOc1ccc(F)c(-c2ccc3c(c2)C(c2ccc(C(F)(F)F)cc2)=C(CN2CCC(C)CC2)CO3)c1. The number of piperidine rings is 1. The van der Waals surface area contributed by atoms with Gasteiger partial charge in [-0.15, -0.1) is 0 Å². The van der Waals surface area contributed by atoms with Crippen molar-refractivity contribution in [2.45, 2.75) is 45.7 Å². The first-order chi connectivity index (χ1) is 19.2. The van der Waals surface area contributed by atoms with Crippen LogP contribution in [-0.2, 0) is 6.18 Å². The molecule has 1 fully saturated rings. The maximum atomic E-state index is 15.1. The lowest BCUT2D eigenvalue weighted by Crippen LogP contribution is -2.36. The van der Waals surface area contributed by atoms with Crippen molar-refractivity contribution in [3.05, 3.63) is 88.7 Å². The van der Waals surface area contributed by atoms with Gasteiger partial charge < -0.3 is 9.47 Å². The van der Waals surface area contributed by atoms with Crippen molar-refractivity contribution < 1.29 is 27.0 Å². The molecule has 0 spiro atoms. The number of fused-ring (bicyclic) bond motifs is 1. The third-order valence-corrected chi connectivity index (χ3v) is 7.81. The maximum absolute atomic E-state index is 15.1. The van der Waals surface area contributed by atoms with Gasteiger partial charge in [0, 0.05) is 17.7 Å². The predicted molar refractivity (Wildman–Crippen MR) is 150 cm³/mol. The van der Waals surface area contributed by atoms with E-state index in [1.807, 2.05) is 18.2 Å². The number of ether oxygens (including phenoxy) is 2. The average Bonchev–Trinajstić information content (AvgIpc) is 2.94. The first-order valence-electron chi connectivity index (χ1n) is 14.0. The van der Waals surface area contributed by atoms with Crippen LogP contribution >= 0.6 is 0 Å². The monoisotopic (exact) mass is 553 g/mol. The lowest BCUT2D eigenvalue weighted by atomic mass is 9.88. The Morgan fingerprint density at radius 2 is 1.65 bits per heavy atom. The quantitative estimate of drug-likeness (QED) is 0.206. The van der Waals surface area contributed by atoms with Gasteiger partial charge in [0.1, 0.15) is 23.9 Å². The topological polar surface area (TPSA) is 21.7 Å². The predicted octanol–water partition coefficient (Wildman–Crippen LogP) is 8.62. The highest BCUT2D eigenvalue weighted by atomic mass is 19.4. The first-order valence-corrected chi connectivity index (χ1v) is 14.0. The molecular formula is C33H35F4NO2. The molecular weight excluding hydrogens is 518 g/mol. The Hall–Kier alpha value is -3.32. The zero-order valence-electron chi connectivity index (χ0n) is 23.0. The van der Waals surface area contributed by atoms with Gasteiger partial charge in [-0.3, -0.25) is 4.90 Å². The van der Waals surface area contributed by atoms with Crippen LogP contribution < -0.4 is 9.47 Å². The largest absolute Gasteiger partial charge is 0.494 e. The highest BCUT2D eigenvalue weighted by Crippen LogP contribution is 2.42. The summed E-state index contributed by atoms with van der Waals surface area (Å²) >= 11 is 0. The van der Waals surface area contributed by atoms with E-state index in [0.717, 1.165) is 67.6 Å². The number of nitrogens with zero attached hydrogens (tertiary/aromatic N) is 1. The molecule has 2 aliphatic heterocycles. The molecule has 3 nitrogen and oxygen atoms in total. The highest BCUT2D eigenvalue weighted by molar-refractivity contribution is 5.88. The van der Waals surface area contributed by atoms with Gasteiger partial charge in [0.15, 0.2) is 0 Å². The van der Waals surface area contributed by atoms with E-state index in [1.54, 1.807) is 12.1 Å². The van der Waals surface area contributed by atoms with Crippen LogP contribution in [0.3, 0.4) is 0 Å². The molecule has 40 heavy (non-hydrogen) atoms. The van der Waals surface area contributed by atoms with E-state index in [-0.39, 0.29) is 5.82 Å². The van der Waals surface area contributed by atoms with Gasteiger partial charge in [-0.25, -0.2) is 4.39 Å². The van der Waals surface area contributed by atoms with E-state index in [9.17, 15) is 13.2 Å². The second kappa shape index (κ2) is 12.0. The van der Waals surface area contributed by atoms with E-state index in [4.69, 9.17) is 9.47 Å². The number of rotatable bonds is 8. The summed E-state index contributed by atoms with van der Waals surface area (Å²) in [5.74, 6) is 1.53. The molecule has 212 valence electrons. The van der Waals surface area contributed by atoms with Gasteiger partial charge in [0.05, 0.1) is 12.2 Å². The molecule has 0 N–H and O–H groups in total. The molecule has 2 heterocycles. The summed E-state index contributed by atoms with van der Waals surface area (Å²) in [5, 5.41) is 0. The number of likely N-dealkylation sites (tertiary alicyclic amines) is 1.